The van der Waals surface area contributed by atoms with Crippen LogP contribution in [0.2, 0.25) is 0 Å². The van der Waals surface area contributed by atoms with E-state index < -0.39 is 4.92 Å². The molecule has 5 nitrogen and oxygen atoms in total. The molecule has 0 aliphatic rings. The zero-order valence-electron chi connectivity index (χ0n) is 9.65. The maximum absolute atomic E-state index is 12.3. The summed E-state index contributed by atoms with van der Waals surface area (Å²) in [5, 5.41) is 11.2. The Hall–Kier alpha value is -2.17. The van der Waals surface area contributed by atoms with Crippen molar-refractivity contribution in [3.05, 3.63) is 69.0 Å². The molecule has 19 heavy (non-hydrogen) atoms. The second-order valence-corrected chi connectivity index (χ2v) is 6.04. The molecular weight excluding hydrogens is 311 g/mol. The molecule has 0 bridgehead atoms. The molecule has 2 aromatic carbocycles. The van der Waals surface area contributed by atoms with Crippen LogP contribution in [0.4, 0.5) is 5.69 Å². The van der Waals surface area contributed by atoms with Gasteiger partial charge in [0.15, 0.2) is 0 Å². The van der Waals surface area contributed by atoms with Gasteiger partial charge < -0.3 is 0 Å². The molecule has 0 radical (unpaired) electrons. The molecule has 6 heteroatoms. The molecule has 1 heterocycles. The van der Waals surface area contributed by atoms with Crippen molar-refractivity contribution in [2.45, 2.75) is 0 Å². The van der Waals surface area contributed by atoms with Gasteiger partial charge in [0.1, 0.15) is 0 Å². The van der Waals surface area contributed by atoms with Crippen molar-refractivity contribution in [1.82, 2.24) is 3.56 Å². The van der Waals surface area contributed by atoms with Crippen molar-refractivity contribution in [3.8, 4) is 5.69 Å². The van der Waals surface area contributed by atoms with E-state index in [2.05, 4.69) is 0 Å². The Labute approximate surface area is 113 Å². The first-order chi connectivity index (χ1) is 9.16. The van der Waals surface area contributed by atoms with Crippen molar-refractivity contribution in [2.24, 2.45) is 0 Å². The quantitative estimate of drug-likeness (QED) is 0.412. The van der Waals surface area contributed by atoms with Crippen LogP contribution in [0.5, 0.6) is 0 Å². The SMILES string of the molecule is O=c1c2cc([N+](=O)[O-])ccc2[se]n1-c1ccccc1. The summed E-state index contributed by atoms with van der Waals surface area (Å²) in [6.45, 7) is 0. The molecule has 0 aliphatic heterocycles. The molecule has 3 rings (SSSR count). The number of aromatic nitrogens is 1. The summed E-state index contributed by atoms with van der Waals surface area (Å²) in [4.78, 5) is 22.6. The van der Waals surface area contributed by atoms with Gasteiger partial charge >= 0.3 is 113 Å². The van der Waals surface area contributed by atoms with E-state index in [-0.39, 0.29) is 26.0 Å². The zero-order chi connectivity index (χ0) is 13.4. The third-order valence-corrected chi connectivity index (χ3v) is 5.10. The van der Waals surface area contributed by atoms with Gasteiger partial charge in [0, 0.05) is 0 Å². The molecule has 0 atom stereocenters. The molecule has 0 saturated carbocycles. The van der Waals surface area contributed by atoms with E-state index in [0.717, 1.165) is 9.95 Å². The summed E-state index contributed by atoms with van der Waals surface area (Å²) < 4.78 is 2.56. The third-order valence-electron chi connectivity index (χ3n) is 2.77. The van der Waals surface area contributed by atoms with Gasteiger partial charge in [-0.05, 0) is 0 Å². The van der Waals surface area contributed by atoms with Crippen LogP contribution in [0.15, 0.2) is 53.3 Å². The molecule has 0 amide bonds. The Morgan fingerprint density at radius 1 is 1.11 bits per heavy atom. The molecule has 1 aromatic heterocycles. The van der Waals surface area contributed by atoms with Crippen molar-refractivity contribution >= 4 is 30.1 Å². The van der Waals surface area contributed by atoms with E-state index in [1.807, 2.05) is 30.3 Å². The monoisotopic (exact) mass is 320 g/mol. The zero-order valence-corrected chi connectivity index (χ0v) is 11.4. The Morgan fingerprint density at radius 2 is 1.84 bits per heavy atom. The van der Waals surface area contributed by atoms with Crippen molar-refractivity contribution in [1.29, 1.82) is 0 Å². The fourth-order valence-corrected chi connectivity index (χ4v) is 3.91. The minimum absolute atomic E-state index is 0.0437. The summed E-state index contributed by atoms with van der Waals surface area (Å²) in [6.07, 6.45) is 0. The number of nitro groups is 1. The third kappa shape index (κ3) is 2.01. The molecule has 0 fully saturated rings. The molecular formula is C13H8N2O3Se. The summed E-state index contributed by atoms with van der Waals surface area (Å²) in [5.74, 6) is 0. The number of benzene rings is 2. The number of non-ortho nitro benzene ring substituents is 1. The van der Waals surface area contributed by atoms with Gasteiger partial charge in [0.25, 0.3) is 0 Å². The van der Waals surface area contributed by atoms with Crippen LogP contribution in [0.25, 0.3) is 15.3 Å². The van der Waals surface area contributed by atoms with E-state index in [9.17, 15) is 14.9 Å². The number of rotatable bonds is 2. The van der Waals surface area contributed by atoms with Crippen LogP contribution < -0.4 is 5.56 Å². The first-order valence-corrected chi connectivity index (χ1v) is 7.15. The fourth-order valence-electron chi connectivity index (χ4n) is 1.86. The number of hydrogen-bond donors (Lipinski definition) is 0. The van der Waals surface area contributed by atoms with Crippen LogP contribution in [0.1, 0.15) is 0 Å². The van der Waals surface area contributed by atoms with Gasteiger partial charge in [0.2, 0.25) is 0 Å². The molecule has 94 valence electrons. The van der Waals surface area contributed by atoms with E-state index >= 15 is 0 Å². The van der Waals surface area contributed by atoms with Crippen LogP contribution in [0, 0.1) is 10.1 Å². The van der Waals surface area contributed by atoms with Gasteiger partial charge in [0.05, 0.1) is 0 Å². The molecule has 0 saturated heterocycles. The molecule has 0 aliphatic carbocycles. The van der Waals surface area contributed by atoms with Crippen molar-refractivity contribution < 1.29 is 4.92 Å². The Bertz CT molecular complexity index is 821. The van der Waals surface area contributed by atoms with Crippen LogP contribution in [-0.2, 0) is 0 Å². The second kappa shape index (κ2) is 4.49. The topological polar surface area (TPSA) is 65.1 Å². The predicted octanol–water partition coefficient (Wildman–Crippen LogP) is 1.96. The van der Waals surface area contributed by atoms with Gasteiger partial charge in [-0.25, -0.2) is 0 Å². The molecule has 0 unspecified atom stereocenters. The Balaban J connectivity index is 2.27. The van der Waals surface area contributed by atoms with E-state index in [1.165, 1.54) is 12.1 Å². The number of nitrogens with zero attached hydrogens (tertiary/aromatic N) is 2. The standard InChI is InChI=1S/C13H8N2O3Se/c16-13-11-8-10(15(17)18)6-7-12(11)19-14(13)9-4-2-1-3-5-9/h1-8H. The minimum atomic E-state index is -0.480. The number of nitro benzene ring substituents is 1. The molecule has 3 aromatic rings. The average Bonchev–Trinajstić information content (AvgIpc) is 2.77. The van der Waals surface area contributed by atoms with Crippen molar-refractivity contribution in [2.75, 3.05) is 0 Å². The van der Waals surface area contributed by atoms with E-state index in [4.69, 9.17) is 0 Å². The molecule has 0 N–H and O–H groups in total. The van der Waals surface area contributed by atoms with Crippen LogP contribution in [-0.4, -0.2) is 23.2 Å². The summed E-state index contributed by atoms with van der Waals surface area (Å²) in [5.41, 5.74) is 0.620. The Morgan fingerprint density at radius 3 is 2.53 bits per heavy atom. The maximum atomic E-state index is 12.3. The average molecular weight is 319 g/mol. The number of hydrogen-bond acceptors (Lipinski definition) is 3. The van der Waals surface area contributed by atoms with Crippen LogP contribution in [0.3, 0.4) is 0 Å². The predicted molar refractivity (Wildman–Crippen MR) is 73.1 cm³/mol. The summed E-state index contributed by atoms with van der Waals surface area (Å²) in [7, 11) is 0. The van der Waals surface area contributed by atoms with Gasteiger partial charge in [-0.15, -0.1) is 0 Å². The normalized spacial score (nSPS) is 10.7. The van der Waals surface area contributed by atoms with E-state index in [0.29, 0.717) is 5.39 Å². The van der Waals surface area contributed by atoms with Gasteiger partial charge in [-0.3, -0.25) is 0 Å². The summed E-state index contributed by atoms with van der Waals surface area (Å²) in [6, 6.07) is 13.8. The summed E-state index contributed by atoms with van der Waals surface area (Å²) >= 11 is -0.164. The van der Waals surface area contributed by atoms with Crippen molar-refractivity contribution in [3.63, 3.8) is 0 Å². The van der Waals surface area contributed by atoms with Crippen LogP contribution >= 0.6 is 0 Å². The van der Waals surface area contributed by atoms with E-state index in [1.54, 1.807) is 9.63 Å². The molecule has 0 spiro atoms. The first kappa shape index (κ1) is 11.9. The van der Waals surface area contributed by atoms with Gasteiger partial charge in [-0.2, -0.15) is 0 Å². The number of para-hydroxylation sites is 1. The van der Waals surface area contributed by atoms with Gasteiger partial charge in [-0.1, -0.05) is 0 Å². The number of fused-ring (bicyclic) bond motifs is 1. The Kier molecular flexibility index (Phi) is 2.81. The fraction of sp³-hybridized carbons (Fsp3) is 0. The second-order valence-electron chi connectivity index (χ2n) is 3.96. The first-order valence-electron chi connectivity index (χ1n) is 5.53.